The Hall–Kier alpha value is -1.50. The second kappa shape index (κ2) is 4.66. The zero-order chi connectivity index (χ0) is 9.64. The van der Waals surface area contributed by atoms with E-state index in [0.717, 1.165) is 18.6 Å². The molecule has 0 saturated carbocycles. The van der Waals surface area contributed by atoms with Crippen LogP contribution in [0.3, 0.4) is 0 Å². The summed E-state index contributed by atoms with van der Waals surface area (Å²) < 4.78 is 5.68. The molecule has 14 heavy (non-hydrogen) atoms. The van der Waals surface area contributed by atoms with Gasteiger partial charge in [0.05, 0.1) is 5.76 Å². The summed E-state index contributed by atoms with van der Waals surface area (Å²) in [5.74, 6) is 1.09. The normalized spacial score (nSPS) is 15.0. The van der Waals surface area contributed by atoms with Gasteiger partial charge < -0.3 is 4.74 Å². The summed E-state index contributed by atoms with van der Waals surface area (Å²) in [6.07, 6.45) is 8.40. The van der Waals surface area contributed by atoms with Gasteiger partial charge in [-0.2, -0.15) is 0 Å². The molecule has 0 aliphatic heterocycles. The highest BCUT2D eigenvalue weighted by molar-refractivity contribution is 5.16. The fourth-order valence-electron chi connectivity index (χ4n) is 1.45. The van der Waals surface area contributed by atoms with Gasteiger partial charge in [0.1, 0.15) is 6.61 Å². The van der Waals surface area contributed by atoms with Crippen LogP contribution in [0, 0.1) is 0 Å². The smallest absolute Gasteiger partial charge is 0.113 e. The Morgan fingerprint density at radius 2 is 2.00 bits per heavy atom. The first kappa shape index (κ1) is 9.07. The topological polar surface area (TPSA) is 9.23 Å². The average Bonchev–Trinajstić information content (AvgIpc) is 2.29. The van der Waals surface area contributed by atoms with Crippen molar-refractivity contribution in [2.75, 3.05) is 0 Å². The third-order valence-electron chi connectivity index (χ3n) is 2.24. The van der Waals surface area contributed by atoms with Crippen molar-refractivity contribution >= 4 is 0 Å². The van der Waals surface area contributed by atoms with Crippen LogP contribution < -0.4 is 0 Å². The van der Waals surface area contributed by atoms with E-state index in [9.17, 15) is 0 Å². The van der Waals surface area contributed by atoms with Gasteiger partial charge in [0.25, 0.3) is 0 Å². The lowest BCUT2D eigenvalue weighted by atomic mass is 10.1. The van der Waals surface area contributed by atoms with Crippen LogP contribution in [0.5, 0.6) is 0 Å². The standard InChI is InChI=1S/C13H14O/c1-3-7-12(8-4-1)11-14-13-9-5-2-6-10-13/h1-5,7-9H,6,10-11H2. The van der Waals surface area contributed by atoms with Gasteiger partial charge >= 0.3 is 0 Å². The van der Waals surface area contributed by atoms with Crippen molar-refractivity contribution < 1.29 is 4.74 Å². The average molecular weight is 186 g/mol. The second-order valence-electron chi connectivity index (χ2n) is 3.37. The van der Waals surface area contributed by atoms with Crippen molar-refractivity contribution in [2.45, 2.75) is 19.4 Å². The summed E-state index contributed by atoms with van der Waals surface area (Å²) in [7, 11) is 0. The third kappa shape index (κ3) is 2.49. The molecule has 1 aromatic carbocycles. The molecular formula is C13H14O. The SMILES string of the molecule is C1=CCCC(OCc2ccccc2)=C1. The van der Waals surface area contributed by atoms with Gasteiger partial charge in [-0.25, -0.2) is 0 Å². The van der Waals surface area contributed by atoms with Crippen LogP contribution in [0.15, 0.2) is 54.3 Å². The molecule has 0 fully saturated rings. The van der Waals surface area contributed by atoms with Crippen molar-refractivity contribution in [1.82, 2.24) is 0 Å². The van der Waals surface area contributed by atoms with Crippen LogP contribution in [-0.4, -0.2) is 0 Å². The van der Waals surface area contributed by atoms with Crippen LogP contribution in [0.4, 0.5) is 0 Å². The lowest BCUT2D eigenvalue weighted by molar-refractivity contribution is 0.188. The Balaban J connectivity index is 1.88. The highest BCUT2D eigenvalue weighted by Gasteiger charge is 2.00. The molecule has 0 radical (unpaired) electrons. The van der Waals surface area contributed by atoms with Gasteiger partial charge in [0.15, 0.2) is 0 Å². The molecule has 1 aliphatic rings. The van der Waals surface area contributed by atoms with E-state index in [4.69, 9.17) is 4.74 Å². The molecule has 0 saturated heterocycles. The molecule has 1 nitrogen and oxygen atoms in total. The summed E-state index contributed by atoms with van der Waals surface area (Å²) in [6, 6.07) is 10.3. The lowest BCUT2D eigenvalue weighted by Gasteiger charge is -2.11. The van der Waals surface area contributed by atoms with Gasteiger partial charge in [0.2, 0.25) is 0 Å². The predicted molar refractivity (Wildman–Crippen MR) is 57.7 cm³/mol. The van der Waals surface area contributed by atoms with Gasteiger partial charge in [-0.1, -0.05) is 42.5 Å². The van der Waals surface area contributed by atoms with Crippen LogP contribution in [0.25, 0.3) is 0 Å². The van der Waals surface area contributed by atoms with Crippen LogP contribution >= 0.6 is 0 Å². The van der Waals surface area contributed by atoms with Crippen molar-refractivity contribution in [2.24, 2.45) is 0 Å². The number of ether oxygens (including phenoxy) is 1. The number of allylic oxidation sites excluding steroid dienone is 4. The highest BCUT2D eigenvalue weighted by Crippen LogP contribution is 2.14. The minimum Gasteiger partial charge on any atom is -0.493 e. The molecule has 0 spiro atoms. The molecule has 0 unspecified atom stereocenters. The van der Waals surface area contributed by atoms with Crippen LogP contribution in [-0.2, 0) is 11.3 Å². The molecule has 2 rings (SSSR count). The van der Waals surface area contributed by atoms with E-state index in [1.54, 1.807) is 0 Å². The van der Waals surface area contributed by atoms with Crippen molar-refractivity contribution in [3.63, 3.8) is 0 Å². The molecule has 0 amide bonds. The Labute approximate surface area is 84.7 Å². The molecule has 0 aromatic heterocycles. The first-order valence-electron chi connectivity index (χ1n) is 4.97. The Morgan fingerprint density at radius 3 is 2.71 bits per heavy atom. The zero-order valence-electron chi connectivity index (χ0n) is 8.15. The first-order chi connectivity index (χ1) is 6.95. The van der Waals surface area contributed by atoms with E-state index in [-0.39, 0.29) is 0 Å². The highest BCUT2D eigenvalue weighted by atomic mass is 16.5. The fourth-order valence-corrected chi connectivity index (χ4v) is 1.45. The minimum absolute atomic E-state index is 0.681. The molecule has 0 atom stereocenters. The molecule has 0 N–H and O–H groups in total. The Kier molecular flexibility index (Phi) is 3.02. The van der Waals surface area contributed by atoms with Crippen molar-refractivity contribution in [1.29, 1.82) is 0 Å². The summed E-state index contributed by atoms with van der Waals surface area (Å²) in [5, 5.41) is 0. The zero-order valence-corrected chi connectivity index (χ0v) is 8.15. The number of rotatable bonds is 3. The maximum absolute atomic E-state index is 5.68. The van der Waals surface area contributed by atoms with Gasteiger partial charge in [-0.15, -0.1) is 0 Å². The Morgan fingerprint density at radius 1 is 1.14 bits per heavy atom. The molecule has 1 aliphatic carbocycles. The van der Waals surface area contributed by atoms with Crippen molar-refractivity contribution in [3.8, 4) is 0 Å². The monoisotopic (exact) mass is 186 g/mol. The summed E-state index contributed by atoms with van der Waals surface area (Å²) in [5.41, 5.74) is 1.22. The van der Waals surface area contributed by atoms with Gasteiger partial charge in [0, 0.05) is 6.42 Å². The maximum Gasteiger partial charge on any atom is 0.113 e. The second-order valence-corrected chi connectivity index (χ2v) is 3.37. The predicted octanol–water partition coefficient (Wildman–Crippen LogP) is 3.44. The lowest BCUT2D eigenvalue weighted by Crippen LogP contribution is -1.95. The van der Waals surface area contributed by atoms with Crippen LogP contribution in [0.2, 0.25) is 0 Å². The maximum atomic E-state index is 5.68. The number of hydrogen-bond acceptors (Lipinski definition) is 1. The van der Waals surface area contributed by atoms with Crippen LogP contribution in [0.1, 0.15) is 18.4 Å². The van der Waals surface area contributed by atoms with E-state index < -0.39 is 0 Å². The number of hydrogen-bond donors (Lipinski definition) is 0. The quantitative estimate of drug-likeness (QED) is 0.702. The van der Waals surface area contributed by atoms with Gasteiger partial charge in [-0.05, 0) is 18.1 Å². The van der Waals surface area contributed by atoms with E-state index in [1.807, 2.05) is 24.3 Å². The third-order valence-corrected chi connectivity index (χ3v) is 2.24. The first-order valence-corrected chi connectivity index (χ1v) is 4.97. The summed E-state index contributed by atoms with van der Waals surface area (Å²) in [4.78, 5) is 0. The number of benzene rings is 1. The molecule has 0 heterocycles. The summed E-state index contributed by atoms with van der Waals surface area (Å²) >= 11 is 0. The molecule has 1 aromatic rings. The minimum atomic E-state index is 0.681. The molecule has 72 valence electrons. The summed E-state index contributed by atoms with van der Waals surface area (Å²) in [6.45, 7) is 0.681. The molecule has 1 heteroatoms. The van der Waals surface area contributed by atoms with E-state index >= 15 is 0 Å². The Bertz CT molecular complexity index is 336. The van der Waals surface area contributed by atoms with Crippen molar-refractivity contribution in [3.05, 3.63) is 59.9 Å². The molecular weight excluding hydrogens is 172 g/mol. The van der Waals surface area contributed by atoms with E-state index in [1.165, 1.54) is 5.56 Å². The van der Waals surface area contributed by atoms with Gasteiger partial charge in [-0.3, -0.25) is 0 Å². The molecule has 0 bridgehead atoms. The van der Waals surface area contributed by atoms with E-state index in [2.05, 4.69) is 24.3 Å². The largest absolute Gasteiger partial charge is 0.493 e. The van der Waals surface area contributed by atoms with E-state index in [0.29, 0.717) is 6.61 Å². The fraction of sp³-hybridized carbons (Fsp3) is 0.231.